The number of methoxy groups -OCH3 is 1. The summed E-state index contributed by atoms with van der Waals surface area (Å²) in [5.41, 5.74) is 0.535. The first-order chi connectivity index (χ1) is 17.1. The highest BCUT2D eigenvalue weighted by Gasteiger charge is 2.46. The van der Waals surface area contributed by atoms with Gasteiger partial charge < -0.3 is 24.4 Å². The number of benzene rings is 2. The lowest BCUT2D eigenvalue weighted by atomic mass is 9.95. The van der Waals surface area contributed by atoms with Crippen LogP contribution >= 0.6 is 23.2 Å². The van der Waals surface area contributed by atoms with Gasteiger partial charge in [0.25, 0.3) is 11.7 Å². The second-order valence-corrected chi connectivity index (χ2v) is 8.99. The SMILES string of the molecule is CCN(CC)CCN1C(=O)C(=O)/C(=C(/O)c2cc(Cl)cc(Cl)c2OC)C1c1ccc(OC(C)=O)cc1. The highest BCUT2D eigenvalue weighted by atomic mass is 35.5. The Morgan fingerprint density at radius 2 is 1.75 bits per heavy atom. The van der Waals surface area contributed by atoms with Crippen molar-refractivity contribution in [2.45, 2.75) is 26.8 Å². The molecule has 36 heavy (non-hydrogen) atoms. The van der Waals surface area contributed by atoms with Crippen LogP contribution in [0.15, 0.2) is 42.0 Å². The Balaban J connectivity index is 2.17. The topological polar surface area (TPSA) is 96.4 Å². The molecule has 0 bridgehead atoms. The van der Waals surface area contributed by atoms with Gasteiger partial charge in [-0.05, 0) is 42.9 Å². The molecule has 3 rings (SSSR count). The maximum absolute atomic E-state index is 13.3. The summed E-state index contributed by atoms with van der Waals surface area (Å²) in [5, 5.41) is 11.7. The average molecular weight is 535 g/mol. The van der Waals surface area contributed by atoms with Gasteiger partial charge in [-0.1, -0.05) is 49.2 Å². The number of carbonyl (C=O) groups excluding carboxylic acids is 3. The first-order valence-corrected chi connectivity index (χ1v) is 12.2. The van der Waals surface area contributed by atoms with E-state index in [0.717, 1.165) is 13.1 Å². The Morgan fingerprint density at radius 1 is 1.11 bits per heavy atom. The number of likely N-dealkylation sites (N-methyl/N-ethyl adjacent to an activating group) is 1. The van der Waals surface area contributed by atoms with Crippen LogP contribution in [0, 0.1) is 0 Å². The lowest BCUT2D eigenvalue weighted by Gasteiger charge is -2.28. The van der Waals surface area contributed by atoms with Gasteiger partial charge in [0.15, 0.2) is 0 Å². The third kappa shape index (κ3) is 5.67. The van der Waals surface area contributed by atoms with Crippen molar-refractivity contribution < 1.29 is 29.0 Å². The number of Topliss-reactive ketones (excluding diaryl/α,β-unsaturated/α-hetero) is 1. The van der Waals surface area contributed by atoms with E-state index in [4.69, 9.17) is 32.7 Å². The Hall–Kier alpha value is -3.07. The summed E-state index contributed by atoms with van der Waals surface area (Å²) in [6.45, 7) is 7.66. The van der Waals surface area contributed by atoms with Crippen molar-refractivity contribution in [3.63, 3.8) is 0 Å². The summed E-state index contributed by atoms with van der Waals surface area (Å²) in [6, 6.07) is 8.41. The van der Waals surface area contributed by atoms with Gasteiger partial charge >= 0.3 is 5.97 Å². The fraction of sp³-hybridized carbons (Fsp3) is 0.346. The van der Waals surface area contributed by atoms with Crippen LogP contribution in [0.1, 0.15) is 37.9 Å². The molecule has 0 aromatic heterocycles. The molecule has 1 atom stereocenters. The summed E-state index contributed by atoms with van der Waals surface area (Å²) in [6.07, 6.45) is 0. The van der Waals surface area contributed by atoms with E-state index in [0.29, 0.717) is 17.9 Å². The lowest BCUT2D eigenvalue weighted by molar-refractivity contribution is -0.140. The number of nitrogens with zero attached hydrogens (tertiary/aromatic N) is 2. The molecule has 1 aliphatic rings. The molecule has 0 saturated carbocycles. The minimum Gasteiger partial charge on any atom is -0.507 e. The minimum atomic E-state index is -0.894. The number of aliphatic hydroxyl groups excluding tert-OH is 1. The first-order valence-electron chi connectivity index (χ1n) is 11.4. The molecule has 1 amide bonds. The van der Waals surface area contributed by atoms with E-state index >= 15 is 0 Å². The van der Waals surface area contributed by atoms with E-state index in [1.807, 2.05) is 13.8 Å². The second-order valence-electron chi connectivity index (χ2n) is 8.15. The number of aliphatic hydroxyl groups is 1. The number of hydrogen-bond donors (Lipinski definition) is 1. The van der Waals surface area contributed by atoms with Crippen LogP contribution in [0.25, 0.3) is 5.76 Å². The molecule has 1 unspecified atom stereocenters. The molecule has 0 aliphatic carbocycles. The Bertz CT molecular complexity index is 1190. The molecule has 2 aromatic carbocycles. The van der Waals surface area contributed by atoms with Gasteiger partial charge in [-0.2, -0.15) is 0 Å². The third-order valence-electron chi connectivity index (χ3n) is 6.02. The number of ketones is 1. The van der Waals surface area contributed by atoms with Crippen molar-refractivity contribution in [2.24, 2.45) is 0 Å². The van der Waals surface area contributed by atoms with E-state index in [1.54, 1.807) is 24.3 Å². The van der Waals surface area contributed by atoms with Gasteiger partial charge in [0, 0.05) is 25.0 Å². The molecule has 2 aromatic rings. The average Bonchev–Trinajstić information content (AvgIpc) is 3.09. The number of rotatable bonds is 9. The summed E-state index contributed by atoms with van der Waals surface area (Å²) < 4.78 is 10.5. The molecular formula is C26H28Cl2N2O6. The number of amides is 1. The summed E-state index contributed by atoms with van der Waals surface area (Å²) in [5.74, 6) is -2.05. The lowest BCUT2D eigenvalue weighted by Crippen LogP contribution is -2.38. The fourth-order valence-corrected chi connectivity index (χ4v) is 4.79. The molecule has 0 radical (unpaired) electrons. The molecule has 1 aliphatic heterocycles. The maximum Gasteiger partial charge on any atom is 0.308 e. The van der Waals surface area contributed by atoms with Crippen LogP contribution in [0.2, 0.25) is 10.0 Å². The molecule has 1 saturated heterocycles. The Morgan fingerprint density at radius 3 is 2.31 bits per heavy atom. The van der Waals surface area contributed by atoms with E-state index in [9.17, 15) is 19.5 Å². The third-order valence-corrected chi connectivity index (χ3v) is 6.52. The number of likely N-dealkylation sites (tertiary alicyclic amines) is 1. The van der Waals surface area contributed by atoms with Gasteiger partial charge in [0.1, 0.15) is 17.3 Å². The number of halogens is 2. The highest BCUT2D eigenvalue weighted by molar-refractivity contribution is 6.46. The number of carbonyl (C=O) groups is 3. The van der Waals surface area contributed by atoms with Crippen molar-refractivity contribution in [2.75, 3.05) is 33.3 Å². The first kappa shape index (κ1) is 27.5. The monoisotopic (exact) mass is 534 g/mol. The number of ether oxygens (including phenoxy) is 2. The van der Waals surface area contributed by atoms with Gasteiger partial charge in [-0.3, -0.25) is 14.4 Å². The molecule has 192 valence electrons. The molecule has 10 heteroatoms. The van der Waals surface area contributed by atoms with Crippen LogP contribution in [0.5, 0.6) is 11.5 Å². The van der Waals surface area contributed by atoms with E-state index < -0.39 is 29.5 Å². The highest BCUT2D eigenvalue weighted by Crippen LogP contribution is 2.43. The van der Waals surface area contributed by atoms with Crippen molar-refractivity contribution in [3.8, 4) is 11.5 Å². The second kappa shape index (κ2) is 11.8. The molecule has 1 N–H and O–H groups in total. The zero-order chi connectivity index (χ0) is 26.6. The van der Waals surface area contributed by atoms with Crippen LogP contribution in [-0.4, -0.2) is 65.9 Å². The maximum atomic E-state index is 13.3. The predicted octanol–water partition coefficient (Wildman–Crippen LogP) is 4.69. The van der Waals surface area contributed by atoms with Crippen molar-refractivity contribution in [1.29, 1.82) is 0 Å². The van der Waals surface area contributed by atoms with Gasteiger partial charge in [-0.15, -0.1) is 0 Å². The number of esters is 1. The van der Waals surface area contributed by atoms with Gasteiger partial charge in [0.2, 0.25) is 0 Å². The van der Waals surface area contributed by atoms with Crippen LogP contribution in [-0.2, 0) is 14.4 Å². The zero-order valence-electron chi connectivity index (χ0n) is 20.5. The van der Waals surface area contributed by atoms with Crippen LogP contribution < -0.4 is 9.47 Å². The zero-order valence-corrected chi connectivity index (χ0v) is 22.0. The van der Waals surface area contributed by atoms with Crippen LogP contribution in [0.4, 0.5) is 0 Å². The molecule has 0 spiro atoms. The van der Waals surface area contributed by atoms with Gasteiger partial charge in [0.05, 0.1) is 29.3 Å². The molecule has 1 heterocycles. The van der Waals surface area contributed by atoms with Gasteiger partial charge in [-0.25, -0.2) is 0 Å². The Labute approximate surface area is 220 Å². The van der Waals surface area contributed by atoms with Crippen molar-refractivity contribution in [3.05, 3.63) is 63.1 Å². The summed E-state index contributed by atoms with van der Waals surface area (Å²) in [7, 11) is 1.37. The van der Waals surface area contributed by atoms with E-state index in [2.05, 4.69) is 4.90 Å². The fourth-order valence-electron chi connectivity index (χ4n) is 4.22. The smallest absolute Gasteiger partial charge is 0.308 e. The largest absolute Gasteiger partial charge is 0.507 e. The van der Waals surface area contributed by atoms with Crippen LogP contribution in [0.3, 0.4) is 0 Å². The predicted molar refractivity (Wildman–Crippen MR) is 138 cm³/mol. The number of hydrogen-bond acceptors (Lipinski definition) is 7. The quantitative estimate of drug-likeness (QED) is 0.164. The minimum absolute atomic E-state index is 0.0956. The molecule has 1 fully saturated rings. The normalized spacial score (nSPS) is 17.1. The van der Waals surface area contributed by atoms with E-state index in [1.165, 1.54) is 31.1 Å². The summed E-state index contributed by atoms with van der Waals surface area (Å²) in [4.78, 5) is 41.3. The van der Waals surface area contributed by atoms with Crippen molar-refractivity contribution >= 4 is 46.6 Å². The molecule has 8 nitrogen and oxygen atoms in total. The summed E-state index contributed by atoms with van der Waals surface area (Å²) >= 11 is 12.4. The van der Waals surface area contributed by atoms with Crippen molar-refractivity contribution in [1.82, 2.24) is 9.80 Å². The Kier molecular flexibility index (Phi) is 9.00. The molecular weight excluding hydrogens is 507 g/mol. The standard InChI is InChI=1S/C26H28Cl2N2O6/c1-5-29(6-2)11-12-30-22(16-7-9-18(10-8-16)36-15(3)31)21(24(33)26(30)34)23(32)19-13-17(27)14-20(28)25(19)35-4/h7-10,13-14,22,32H,5-6,11-12H2,1-4H3/b23-21+. The van der Waals surface area contributed by atoms with E-state index in [-0.39, 0.29) is 33.5 Å².